The molecule has 0 aromatic carbocycles. The summed E-state index contributed by atoms with van der Waals surface area (Å²) < 4.78 is 0. The Morgan fingerprint density at radius 3 is 2.43 bits per heavy atom. The third-order valence-electron chi connectivity index (χ3n) is 3.40. The topological polar surface area (TPSA) is 57.6 Å². The van der Waals surface area contributed by atoms with Gasteiger partial charge in [0, 0.05) is 31.8 Å². The fourth-order valence-corrected chi connectivity index (χ4v) is 2.80. The number of rotatable bonds is 2. The zero-order valence-corrected chi connectivity index (χ0v) is 8.32. The summed E-state index contributed by atoms with van der Waals surface area (Å²) in [6.07, 6.45) is 2.27. The Morgan fingerprint density at radius 2 is 2.00 bits per heavy atom. The van der Waals surface area contributed by atoms with Gasteiger partial charge in [0.15, 0.2) is 0 Å². The first kappa shape index (κ1) is 9.49. The highest BCUT2D eigenvalue weighted by Gasteiger charge is 2.53. The van der Waals surface area contributed by atoms with E-state index in [0.29, 0.717) is 17.8 Å². The molecular formula is C10H15NO3. The van der Waals surface area contributed by atoms with Crippen LogP contribution in [0.4, 0.5) is 0 Å². The van der Waals surface area contributed by atoms with Crippen LogP contribution in [0.1, 0.15) is 26.2 Å². The fraction of sp³-hybridized carbons (Fsp3) is 0.800. The average Bonchev–Trinajstić information content (AvgIpc) is 1.89. The highest BCUT2D eigenvalue weighted by Crippen LogP contribution is 2.52. The van der Waals surface area contributed by atoms with Crippen molar-refractivity contribution >= 4 is 11.9 Å². The van der Waals surface area contributed by atoms with E-state index in [-0.39, 0.29) is 5.91 Å². The minimum Gasteiger partial charge on any atom is -0.481 e. The second kappa shape index (κ2) is 2.97. The van der Waals surface area contributed by atoms with Gasteiger partial charge in [-0.25, -0.2) is 0 Å². The summed E-state index contributed by atoms with van der Waals surface area (Å²) in [6, 6.07) is 0. The summed E-state index contributed by atoms with van der Waals surface area (Å²) in [7, 11) is 0. The van der Waals surface area contributed by atoms with E-state index in [1.807, 2.05) is 4.90 Å². The van der Waals surface area contributed by atoms with E-state index in [9.17, 15) is 9.59 Å². The monoisotopic (exact) mass is 197 g/mol. The van der Waals surface area contributed by atoms with E-state index < -0.39 is 5.97 Å². The van der Waals surface area contributed by atoms with Crippen molar-refractivity contribution < 1.29 is 14.7 Å². The van der Waals surface area contributed by atoms with E-state index in [2.05, 4.69) is 0 Å². The number of aliphatic carboxylic acids is 1. The molecule has 4 nitrogen and oxygen atoms in total. The SMILES string of the molecule is CC(=O)N1CC2(CC(CC(=O)O)C2)C1. The molecule has 78 valence electrons. The lowest BCUT2D eigenvalue weighted by atomic mass is 9.57. The Balaban J connectivity index is 1.74. The third kappa shape index (κ3) is 1.49. The highest BCUT2D eigenvalue weighted by molar-refractivity contribution is 5.74. The summed E-state index contributed by atoms with van der Waals surface area (Å²) in [5.74, 6) is -0.216. The molecule has 0 aromatic heterocycles. The molecule has 1 N–H and O–H groups in total. The first-order valence-corrected chi connectivity index (χ1v) is 4.98. The van der Waals surface area contributed by atoms with Gasteiger partial charge in [0.25, 0.3) is 0 Å². The van der Waals surface area contributed by atoms with Gasteiger partial charge in [-0.2, -0.15) is 0 Å². The number of carboxylic acid groups (broad SMARTS) is 1. The van der Waals surface area contributed by atoms with Crippen molar-refractivity contribution in [2.24, 2.45) is 11.3 Å². The molecule has 2 rings (SSSR count). The fourth-order valence-electron chi connectivity index (χ4n) is 2.80. The molecule has 0 bridgehead atoms. The molecule has 4 heteroatoms. The maximum atomic E-state index is 10.9. The van der Waals surface area contributed by atoms with Crippen LogP contribution in [0.15, 0.2) is 0 Å². The number of hydrogen-bond acceptors (Lipinski definition) is 2. The molecule has 1 spiro atoms. The molecule has 1 saturated heterocycles. The lowest BCUT2D eigenvalue weighted by Gasteiger charge is -2.58. The van der Waals surface area contributed by atoms with Crippen LogP contribution < -0.4 is 0 Å². The van der Waals surface area contributed by atoms with Crippen LogP contribution in [0.3, 0.4) is 0 Å². The molecule has 1 saturated carbocycles. The van der Waals surface area contributed by atoms with Crippen LogP contribution in [0.5, 0.6) is 0 Å². The van der Waals surface area contributed by atoms with E-state index in [1.165, 1.54) is 0 Å². The van der Waals surface area contributed by atoms with Crippen molar-refractivity contribution in [2.45, 2.75) is 26.2 Å². The first-order valence-electron chi connectivity index (χ1n) is 4.98. The number of carboxylic acids is 1. The molecule has 0 atom stereocenters. The Kier molecular flexibility index (Phi) is 2.01. The number of likely N-dealkylation sites (tertiary alicyclic amines) is 1. The molecule has 14 heavy (non-hydrogen) atoms. The number of nitrogens with zero attached hydrogens (tertiary/aromatic N) is 1. The molecule has 2 fully saturated rings. The predicted octanol–water partition coefficient (Wildman–Crippen LogP) is 0.720. The van der Waals surface area contributed by atoms with Crippen molar-refractivity contribution in [1.29, 1.82) is 0 Å². The van der Waals surface area contributed by atoms with Crippen LogP contribution in [0, 0.1) is 11.3 Å². The maximum absolute atomic E-state index is 10.9. The van der Waals surface area contributed by atoms with Gasteiger partial charge in [-0.3, -0.25) is 9.59 Å². The highest BCUT2D eigenvalue weighted by atomic mass is 16.4. The Labute approximate surface area is 82.9 Å². The molecule has 1 aliphatic carbocycles. The largest absolute Gasteiger partial charge is 0.481 e. The Hall–Kier alpha value is -1.06. The zero-order valence-electron chi connectivity index (χ0n) is 8.32. The maximum Gasteiger partial charge on any atom is 0.303 e. The second-order valence-corrected chi connectivity index (χ2v) is 4.75. The molecule has 0 unspecified atom stereocenters. The summed E-state index contributed by atoms with van der Waals surface area (Å²) in [4.78, 5) is 23.2. The molecule has 1 aliphatic heterocycles. The van der Waals surface area contributed by atoms with E-state index in [4.69, 9.17) is 5.11 Å². The van der Waals surface area contributed by atoms with Gasteiger partial charge in [0.2, 0.25) is 5.91 Å². The number of amides is 1. The van der Waals surface area contributed by atoms with Crippen molar-refractivity contribution in [3.63, 3.8) is 0 Å². The smallest absolute Gasteiger partial charge is 0.303 e. The summed E-state index contributed by atoms with van der Waals surface area (Å²) in [6.45, 7) is 3.27. The van der Waals surface area contributed by atoms with Gasteiger partial charge < -0.3 is 10.0 Å². The minimum atomic E-state index is -0.701. The third-order valence-corrected chi connectivity index (χ3v) is 3.40. The van der Waals surface area contributed by atoms with E-state index >= 15 is 0 Å². The summed E-state index contributed by atoms with van der Waals surface area (Å²) in [5, 5.41) is 8.59. The number of hydrogen-bond donors (Lipinski definition) is 1. The summed E-state index contributed by atoms with van der Waals surface area (Å²) in [5.41, 5.74) is 0.297. The molecule has 1 amide bonds. The van der Waals surface area contributed by atoms with E-state index in [1.54, 1.807) is 6.92 Å². The first-order chi connectivity index (χ1) is 6.51. The van der Waals surface area contributed by atoms with Gasteiger partial charge in [-0.15, -0.1) is 0 Å². The zero-order chi connectivity index (χ0) is 10.3. The number of carbonyl (C=O) groups is 2. The van der Waals surface area contributed by atoms with Crippen molar-refractivity contribution in [2.75, 3.05) is 13.1 Å². The van der Waals surface area contributed by atoms with Gasteiger partial charge >= 0.3 is 5.97 Å². The normalized spacial score (nSPS) is 24.2. The average molecular weight is 197 g/mol. The van der Waals surface area contributed by atoms with Crippen molar-refractivity contribution in [3.05, 3.63) is 0 Å². The van der Waals surface area contributed by atoms with Gasteiger partial charge in [-0.05, 0) is 18.8 Å². The molecule has 1 heterocycles. The standard InChI is InChI=1S/C10H15NO3/c1-7(12)11-5-10(6-11)3-8(4-10)2-9(13)14/h8H,2-6H2,1H3,(H,13,14). The molecule has 0 aromatic rings. The molecular weight excluding hydrogens is 182 g/mol. The number of carbonyl (C=O) groups excluding carboxylic acids is 1. The molecule has 2 aliphatic rings. The predicted molar refractivity (Wildman–Crippen MR) is 49.7 cm³/mol. The van der Waals surface area contributed by atoms with E-state index in [0.717, 1.165) is 25.9 Å². The van der Waals surface area contributed by atoms with Gasteiger partial charge in [-0.1, -0.05) is 0 Å². The van der Waals surface area contributed by atoms with Gasteiger partial charge in [0.1, 0.15) is 0 Å². The summed E-state index contributed by atoms with van der Waals surface area (Å²) >= 11 is 0. The van der Waals surface area contributed by atoms with Crippen LogP contribution in [-0.4, -0.2) is 35.0 Å². The van der Waals surface area contributed by atoms with Crippen LogP contribution in [-0.2, 0) is 9.59 Å². The minimum absolute atomic E-state index is 0.136. The van der Waals surface area contributed by atoms with Crippen molar-refractivity contribution in [3.8, 4) is 0 Å². The van der Waals surface area contributed by atoms with Gasteiger partial charge in [0.05, 0.1) is 0 Å². The lowest BCUT2D eigenvalue weighted by molar-refractivity contribution is -0.157. The van der Waals surface area contributed by atoms with Crippen LogP contribution in [0.25, 0.3) is 0 Å². The second-order valence-electron chi connectivity index (χ2n) is 4.75. The Bertz CT molecular complexity index is 273. The quantitative estimate of drug-likeness (QED) is 0.709. The molecule has 0 radical (unpaired) electrons. The van der Waals surface area contributed by atoms with Crippen LogP contribution in [0.2, 0.25) is 0 Å². The Morgan fingerprint density at radius 1 is 1.43 bits per heavy atom. The van der Waals surface area contributed by atoms with Crippen LogP contribution >= 0.6 is 0 Å². The lowest BCUT2D eigenvalue weighted by Crippen LogP contribution is -2.63. The van der Waals surface area contributed by atoms with Crippen molar-refractivity contribution in [1.82, 2.24) is 4.90 Å².